The normalized spacial score (nSPS) is 10.6. The lowest BCUT2D eigenvalue weighted by Gasteiger charge is -2.07. The van der Waals surface area contributed by atoms with E-state index in [-0.39, 0.29) is 24.6 Å². The molecule has 0 amide bonds. The Hall–Kier alpha value is -1.10. The average molecular weight is 288 g/mol. The number of ether oxygens (including phenoxy) is 2. The molecule has 0 aromatic carbocycles. The number of hydrogen-bond acceptors (Lipinski definition) is 5. The van der Waals surface area contributed by atoms with Gasteiger partial charge in [-0.25, -0.2) is 0 Å². The van der Waals surface area contributed by atoms with E-state index in [4.69, 9.17) is 14.6 Å². The van der Waals surface area contributed by atoms with Crippen molar-refractivity contribution in [3.8, 4) is 0 Å². The van der Waals surface area contributed by atoms with Crippen LogP contribution in [0.3, 0.4) is 0 Å². The van der Waals surface area contributed by atoms with Gasteiger partial charge in [0.2, 0.25) is 0 Å². The summed E-state index contributed by atoms with van der Waals surface area (Å²) in [5.74, 6) is -0.344. The fourth-order valence-electron chi connectivity index (χ4n) is 1.69. The van der Waals surface area contributed by atoms with E-state index in [1.807, 2.05) is 13.8 Å². The molecule has 0 aliphatic carbocycles. The van der Waals surface area contributed by atoms with Gasteiger partial charge in [0.05, 0.1) is 12.7 Å². The zero-order valence-electron chi connectivity index (χ0n) is 12.7. The van der Waals surface area contributed by atoms with Crippen molar-refractivity contribution >= 4 is 11.9 Å². The number of esters is 2. The summed E-state index contributed by atoms with van der Waals surface area (Å²) < 4.78 is 10.1. The van der Waals surface area contributed by atoms with E-state index in [2.05, 4.69) is 0 Å². The molecule has 0 unspecified atom stereocenters. The highest BCUT2D eigenvalue weighted by molar-refractivity contribution is 5.69. The van der Waals surface area contributed by atoms with Gasteiger partial charge >= 0.3 is 11.9 Å². The van der Waals surface area contributed by atoms with Crippen LogP contribution in [-0.4, -0.2) is 36.4 Å². The molecule has 0 atom stereocenters. The fraction of sp³-hybridized carbons (Fsp3) is 0.867. The van der Waals surface area contributed by atoms with Crippen LogP contribution in [-0.2, 0) is 19.1 Å². The molecule has 118 valence electrons. The van der Waals surface area contributed by atoms with Crippen molar-refractivity contribution in [2.75, 3.05) is 13.2 Å². The van der Waals surface area contributed by atoms with Crippen LogP contribution in [0.25, 0.3) is 0 Å². The lowest BCUT2D eigenvalue weighted by atomic mass is 10.2. The first-order valence-electron chi connectivity index (χ1n) is 7.52. The number of carbonyl (C=O) groups excluding carboxylic acids is 2. The number of rotatable bonds is 12. The first-order valence-corrected chi connectivity index (χ1v) is 7.52. The Morgan fingerprint density at radius 2 is 1.50 bits per heavy atom. The molecule has 0 radical (unpaired) electrons. The van der Waals surface area contributed by atoms with Crippen LogP contribution in [0, 0.1) is 0 Å². The quantitative estimate of drug-likeness (QED) is 0.441. The Morgan fingerprint density at radius 3 is 2.10 bits per heavy atom. The van der Waals surface area contributed by atoms with Crippen molar-refractivity contribution in [3.63, 3.8) is 0 Å². The molecule has 0 rings (SSSR count). The van der Waals surface area contributed by atoms with E-state index in [1.54, 1.807) is 0 Å². The smallest absolute Gasteiger partial charge is 0.306 e. The number of hydrogen-bond donors (Lipinski definition) is 1. The third kappa shape index (κ3) is 13.3. The van der Waals surface area contributed by atoms with Crippen molar-refractivity contribution in [3.05, 3.63) is 0 Å². The Balaban J connectivity index is 3.31. The predicted octanol–water partition coefficient (Wildman–Crippen LogP) is 2.59. The zero-order chi connectivity index (χ0) is 15.2. The summed E-state index contributed by atoms with van der Waals surface area (Å²) in [7, 11) is 0. The molecular formula is C15H28O5. The van der Waals surface area contributed by atoms with E-state index in [0.717, 1.165) is 38.5 Å². The third-order valence-electron chi connectivity index (χ3n) is 2.69. The van der Waals surface area contributed by atoms with Gasteiger partial charge in [-0.2, -0.15) is 0 Å². The van der Waals surface area contributed by atoms with Crippen LogP contribution in [0.15, 0.2) is 0 Å². The average Bonchev–Trinajstić information content (AvgIpc) is 2.38. The second-order valence-corrected chi connectivity index (χ2v) is 5.10. The molecule has 0 aliphatic rings. The van der Waals surface area contributed by atoms with Crippen molar-refractivity contribution in [1.82, 2.24) is 0 Å². The van der Waals surface area contributed by atoms with Crippen LogP contribution in [0.2, 0.25) is 0 Å². The summed E-state index contributed by atoms with van der Waals surface area (Å²) in [5, 5.41) is 8.59. The molecule has 0 heterocycles. The monoisotopic (exact) mass is 288 g/mol. The van der Waals surface area contributed by atoms with Gasteiger partial charge in [-0.15, -0.1) is 0 Å². The van der Waals surface area contributed by atoms with Crippen molar-refractivity contribution in [1.29, 1.82) is 0 Å². The molecule has 0 bridgehead atoms. The maximum atomic E-state index is 11.3. The third-order valence-corrected chi connectivity index (χ3v) is 2.69. The molecular weight excluding hydrogens is 260 g/mol. The molecule has 0 fully saturated rings. The molecule has 0 spiro atoms. The van der Waals surface area contributed by atoms with Crippen LogP contribution < -0.4 is 0 Å². The van der Waals surface area contributed by atoms with Gasteiger partial charge in [-0.3, -0.25) is 9.59 Å². The van der Waals surface area contributed by atoms with Gasteiger partial charge in [-0.1, -0.05) is 6.42 Å². The van der Waals surface area contributed by atoms with Gasteiger partial charge in [0.15, 0.2) is 0 Å². The highest BCUT2D eigenvalue weighted by Gasteiger charge is 2.05. The molecule has 1 N–H and O–H groups in total. The Kier molecular flexibility index (Phi) is 12.2. The summed E-state index contributed by atoms with van der Waals surface area (Å²) in [6.45, 7) is 4.25. The maximum absolute atomic E-state index is 11.3. The van der Waals surface area contributed by atoms with Gasteiger partial charge in [0, 0.05) is 19.4 Å². The number of aliphatic hydroxyl groups is 1. The molecule has 5 heteroatoms. The molecule has 0 saturated carbocycles. The van der Waals surface area contributed by atoms with Crippen molar-refractivity contribution in [2.45, 2.75) is 71.3 Å². The van der Waals surface area contributed by atoms with Crippen LogP contribution in [0.4, 0.5) is 0 Å². The Labute approximate surface area is 121 Å². The van der Waals surface area contributed by atoms with E-state index in [0.29, 0.717) is 19.4 Å². The highest BCUT2D eigenvalue weighted by atomic mass is 16.5. The number of unbranched alkanes of at least 4 members (excludes halogenated alkanes) is 4. The largest absolute Gasteiger partial charge is 0.466 e. The number of carbonyl (C=O) groups is 2. The standard InChI is InChI=1S/C15H28O5/c1-13(2)20-15(18)10-6-4-8-12-19-14(17)9-5-3-7-11-16/h13,16H,3-12H2,1-2H3. The van der Waals surface area contributed by atoms with E-state index < -0.39 is 0 Å². The fourth-order valence-corrected chi connectivity index (χ4v) is 1.69. The van der Waals surface area contributed by atoms with E-state index >= 15 is 0 Å². The summed E-state index contributed by atoms with van der Waals surface area (Å²) in [4.78, 5) is 22.6. The van der Waals surface area contributed by atoms with Crippen LogP contribution in [0.5, 0.6) is 0 Å². The van der Waals surface area contributed by atoms with Gasteiger partial charge in [0.25, 0.3) is 0 Å². The van der Waals surface area contributed by atoms with Gasteiger partial charge in [-0.05, 0) is 46.0 Å². The van der Waals surface area contributed by atoms with E-state index in [9.17, 15) is 9.59 Å². The second-order valence-electron chi connectivity index (χ2n) is 5.10. The minimum Gasteiger partial charge on any atom is -0.466 e. The lowest BCUT2D eigenvalue weighted by molar-refractivity contribution is -0.148. The number of aliphatic hydroxyl groups excluding tert-OH is 1. The first kappa shape index (κ1) is 18.9. The Morgan fingerprint density at radius 1 is 0.900 bits per heavy atom. The molecule has 0 aliphatic heterocycles. The molecule has 0 aromatic rings. The lowest BCUT2D eigenvalue weighted by Crippen LogP contribution is -2.11. The van der Waals surface area contributed by atoms with Crippen molar-refractivity contribution in [2.24, 2.45) is 0 Å². The SMILES string of the molecule is CC(C)OC(=O)CCCCCOC(=O)CCCCCO. The molecule has 20 heavy (non-hydrogen) atoms. The zero-order valence-corrected chi connectivity index (χ0v) is 12.7. The van der Waals surface area contributed by atoms with Gasteiger partial charge < -0.3 is 14.6 Å². The minimum absolute atomic E-state index is 0.0608. The first-order chi connectivity index (χ1) is 9.56. The summed E-state index contributed by atoms with van der Waals surface area (Å²) in [5.41, 5.74) is 0. The topological polar surface area (TPSA) is 72.8 Å². The van der Waals surface area contributed by atoms with Crippen molar-refractivity contribution < 1.29 is 24.2 Å². The summed E-state index contributed by atoms with van der Waals surface area (Å²) >= 11 is 0. The Bertz CT molecular complexity index is 263. The molecule has 0 aromatic heterocycles. The summed E-state index contributed by atoms with van der Waals surface area (Å²) in [6.07, 6.45) is 5.52. The van der Waals surface area contributed by atoms with Gasteiger partial charge in [0.1, 0.15) is 0 Å². The van der Waals surface area contributed by atoms with Crippen LogP contribution >= 0.6 is 0 Å². The van der Waals surface area contributed by atoms with E-state index in [1.165, 1.54) is 0 Å². The molecule has 5 nitrogen and oxygen atoms in total. The minimum atomic E-state index is -0.179. The highest BCUT2D eigenvalue weighted by Crippen LogP contribution is 2.05. The van der Waals surface area contributed by atoms with Crippen LogP contribution in [0.1, 0.15) is 65.2 Å². The maximum Gasteiger partial charge on any atom is 0.306 e. The second kappa shape index (κ2) is 12.9. The molecule has 0 saturated heterocycles. The summed E-state index contributed by atoms with van der Waals surface area (Å²) in [6, 6.07) is 0. The predicted molar refractivity (Wildman–Crippen MR) is 76.2 cm³/mol.